The number of pyridine rings is 2. The van der Waals surface area contributed by atoms with Crippen LogP contribution >= 0.6 is 0 Å². The van der Waals surface area contributed by atoms with Gasteiger partial charge in [0.05, 0.1) is 30.6 Å². The van der Waals surface area contributed by atoms with Gasteiger partial charge in [0.2, 0.25) is 5.82 Å². The predicted octanol–water partition coefficient (Wildman–Crippen LogP) is 2.67. The SMILES string of the molecule is CC[C@@]1(O)C(=O)OCc2c1cc1n(c2=O)Cc2c-1nc1c(OC)c(F)c(F)cc1c2C. The number of halogens is 2. The van der Waals surface area contributed by atoms with Gasteiger partial charge in [-0.25, -0.2) is 14.2 Å². The normalized spacial score (nSPS) is 19.1. The molecule has 1 aromatic carbocycles. The third-order valence-electron chi connectivity index (χ3n) is 6.32. The number of carbonyl (C=O) groups is 1. The maximum atomic E-state index is 14.3. The summed E-state index contributed by atoms with van der Waals surface area (Å²) >= 11 is 0. The van der Waals surface area contributed by atoms with Crippen LogP contribution < -0.4 is 10.3 Å². The Balaban J connectivity index is 1.86. The number of carbonyl (C=O) groups excluding carboxylic acids is 1. The number of aromatic nitrogens is 2. The molecular weight excluding hydrogens is 410 g/mol. The van der Waals surface area contributed by atoms with E-state index >= 15 is 0 Å². The van der Waals surface area contributed by atoms with Gasteiger partial charge in [-0.15, -0.1) is 0 Å². The molecule has 9 heteroatoms. The summed E-state index contributed by atoms with van der Waals surface area (Å²) in [4.78, 5) is 30.0. The van der Waals surface area contributed by atoms with Gasteiger partial charge >= 0.3 is 5.97 Å². The lowest BCUT2D eigenvalue weighted by atomic mass is 9.86. The number of hydrogen-bond donors (Lipinski definition) is 1. The highest BCUT2D eigenvalue weighted by Gasteiger charge is 2.45. The van der Waals surface area contributed by atoms with Crippen molar-refractivity contribution in [3.63, 3.8) is 0 Å². The van der Waals surface area contributed by atoms with Crippen molar-refractivity contribution in [1.29, 1.82) is 0 Å². The van der Waals surface area contributed by atoms with Gasteiger partial charge in [-0.3, -0.25) is 4.79 Å². The van der Waals surface area contributed by atoms with E-state index in [1.807, 2.05) is 0 Å². The van der Waals surface area contributed by atoms with Crippen LogP contribution in [0, 0.1) is 18.6 Å². The molecule has 0 saturated heterocycles. The maximum absolute atomic E-state index is 14.3. The van der Waals surface area contributed by atoms with Crippen molar-refractivity contribution in [2.45, 2.75) is 39.0 Å². The van der Waals surface area contributed by atoms with Crippen LogP contribution in [0.25, 0.3) is 22.3 Å². The molecule has 0 unspecified atom stereocenters. The molecule has 1 N–H and O–H groups in total. The van der Waals surface area contributed by atoms with Crippen molar-refractivity contribution in [3.8, 4) is 17.1 Å². The summed E-state index contributed by atoms with van der Waals surface area (Å²) in [6, 6.07) is 2.63. The number of fused-ring (bicyclic) bond motifs is 5. The second kappa shape index (κ2) is 6.34. The molecule has 0 aliphatic carbocycles. The highest BCUT2D eigenvalue weighted by Crippen LogP contribution is 2.41. The molecule has 0 spiro atoms. The molecule has 7 nitrogen and oxygen atoms in total. The van der Waals surface area contributed by atoms with Crippen LogP contribution in [0.5, 0.6) is 5.75 Å². The minimum atomic E-state index is -1.94. The molecule has 1 atom stereocenters. The second-order valence-corrected chi connectivity index (χ2v) is 7.77. The molecule has 2 aliphatic rings. The topological polar surface area (TPSA) is 90.7 Å². The molecule has 5 rings (SSSR count). The fourth-order valence-corrected chi connectivity index (χ4v) is 4.51. The van der Waals surface area contributed by atoms with Crippen molar-refractivity contribution in [2.24, 2.45) is 0 Å². The largest absolute Gasteiger partial charge is 0.491 e. The summed E-state index contributed by atoms with van der Waals surface area (Å²) in [5.41, 5.74) is 0.264. The van der Waals surface area contributed by atoms with Crippen LogP contribution in [0.1, 0.15) is 35.6 Å². The van der Waals surface area contributed by atoms with Crippen LogP contribution in [0.3, 0.4) is 0 Å². The molecule has 0 saturated carbocycles. The molecular formula is C22H18F2N2O5. The van der Waals surface area contributed by atoms with Crippen LogP contribution in [0.2, 0.25) is 0 Å². The highest BCUT2D eigenvalue weighted by atomic mass is 19.2. The Kier molecular flexibility index (Phi) is 4.01. The first-order chi connectivity index (χ1) is 14.7. The lowest BCUT2D eigenvalue weighted by Crippen LogP contribution is -2.44. The minimum Gasteiger partial charge on any atom is -0.491 e. The quantitative estimate of drug-likeness (QED) is 0.494. The van der Waals surface area contributed by atoms with E-state index in [0.717, 1.165) is 6.07 Å². The van der Waals surface area contributed by atoms with E-state index in [0.29, 0.717) is 27.9 Å². The molecule has 3 aromatic rings. The van der Waals surface area contributed by atoms with Crippen LogP contribution in [-0.4, -0.2) is 27.7 Å². The standard InChI is InChI=1S/C22H18F2N2O5/c1-4-22(29)13-6-15-17-11(7-26(15)20(27)12(13)8-31-21(22)28)9(2)10-5-14(23)16(24)19(30-3)18(10)25-17/h5-6,29H,4,7-8H2,1-3H3/t22-/m0/s1. The van der Waals surface area contributed by atoms with Gasteiger partial charge in [0.25, 0.3) is 5.56 Å². The molecule has 160 valence electrons. The van der Waals surface area contributed by atoms with Crippen molar-refractivity contribution in [3.05, 3.63) is 56.4 Å². The number of cyclic esters (lactones) is 1. The summed E-state index contributed by atoms with van der Waals surface area (Å²) in [5, 5.41) is 11.3. The summed E-state index contributed by atoms with van der Waals surface area (Å²) in [5.74, 6) is -3.34. The van der Waals surface area contributed by atoms with Gasteiger partial charge in [0.1, 0.15) is 12.1 Å². The molecule has 0 bridgehead atoms. The summed E-state index contributed by atoms with van der Waals surface area (Å²) < 4.78 is 40.0. The van der Waals surface area contributed by atoms with Gasteiger partial charge in [0, 0.05) is 16.5 Å². The Morgan fingerprint density at radius 2 is 2.03 bits per heavy atom. The molecule has 0 amide bonds. The van der Waals surface area contributed by atoms with Crippen molar-refractivity contribution >= 4 is 16.9 Å². The van der Waals surface area contributed by atoms with Crippen molar-refractivity contribution < 1.29 is 28.2 Å². The van der Waals surface area contributed by atoms with Gasteiger partial charge in [-0.2, -0.15) is 4.39 Å². The Hall–Kier alpha value is -3.33. The fraction of sp³-hybridized carbons (Fsp3) is 0.318. The summed E-state index contributed by atoms with van der Waals surface area (Å²) in [6.45, 7) is 3.30. The molecule has 0 fully saturated rings. The highest BCUT2D eigenvalue weighted by molar-refractivity contribution is 5.92. The zero-order chi connectivity index (χ0) is 22.2. The Morgan fingerprint density at radius 3 is 2.71 bits per heavy atom. The Bertz CT molecular complexity index is 1380. The minimum absolute atomic E-state index is 0.0249. The van der Waals surface area contributed by atoms with Crippen molar-refractivity contribution in [1.82, 2.24) is 9.55 Å². The number of aryl methyl sites for hydroxylation is 1. The average molecular weight is 428 g/mol. The van der Waals surface area contributed by atoms with Gasteiger partial charge in [-0.05, 0) is 31.0 Å². The fourth-order valence-electron chi connectivity index (χ4n) is 4.51. The van der Waals surface area contributed by atoms with Gasteiger partial charge in [0.15, 0.2) is 17.2 Å². The molecule has 2 aliphatic heterocycles. The number of ether oxygens (including phenoxy) is 2. The first-order valence-electron chi connectivity index (χ1n) is 9.75. The molecule has 31 heavy (non-hydrogen) atoms. The summed E-state index contributed by atoms with van der Waals surface area (Å²) in [6.07, 6.45) is 0.0249. The number of benzene rings is 1. The van der Waals surface area contributed by atoms with E-state index in [4.69, 9.17) is 9.47 Å². The monoisotopic (exact) mass is 428 g/mol. The number of esters is 1. The first-order valence-corrected chi connectivity index (χ1v) is 9.75. The van der Waals surface area contributed by atoms with E-state index in [-0.39, 0.29) is 42.0 Å². The lowest BCUT2D eigenvalue weighted by Gasteiger charge is -2.31. The number of aliphatic hydroxyl groups is 1. The van der Waals surface area contributed by atoms with E-state index in [1.165, 1.54) is 11.7 Å². The second-order valence-electron chi connectivity index (χ2n) is 7.77. The van der Waals surface area contributed by atoms with E-state index in [2.05, 4.69) is 4.98 Å². The van der Waals surface area contributed by atoms with Gasteiger partial charge < -0.3 is 19.1 Å². The third-order valence-corrected chi connectivity index (χ3v) is 6.32. The van der Waals surface area contributed by atoms with E-state index in [1.54, 1.807) is 19.9 Å². The molecule has 2 aromatic heterocycles. The van der Waals surface area contributed by atoms with Crippen LogP contribution in [0.15, 0.2) is 16.9 Å². The third kappa shape index (κ3) is 2.38. The zero-order valence-electron chi connectivity index (χ0n) is 17.0. The van der Waals surface area contributed by atoms with Gasteiger partial charge in [-0.1, -0.05) is 6.92 Å². The lowest BCUT2D eigenvalue weighted by molar-refractivity contribution is -0.172. The average Bonchev–Trinajstić information content (AvgIpc) is 3.12. The molecule has 4 heterocycles. The van der Waals surface area contributed by atoms with E-state index < -0.39 is 28.8 Å². The van der Waals surface area contributed by atoms with Crippen molar-refractivity contribution in [2.75, 3.05) is 7.11 Å². The summed E-state index contributed by atoms with van der Waals surface area (Å²) in [7, 11) is 1.23. The zero-order valence-corrected chi connectivity index (χ0v) is 17.0. The van der Waals surface area contributed by atoms with E-state index in [9.17, 15) is 23.5 Å². The maximum Gasteiger partial charge on any atom is 0.343 e. The van der Waals surface area contributed by atoms with Crippen LogP contribution in [0.4, 0.5) is 8.78 Å². The molecule has 0 radical (unpaired) electrons. The smallest absolute Gasteiger partial charge is 0.343 e. The first kappa shape index (κ1) is 19.6. The predicted molar refractivity (Wildman–Crippen MR) is 106 cm³/mol. The Morgan fingerprint density at radius 1 is 1.29 bits per heavy atom. The Labute approximate surface area is 174 Å². The number of rotatable bonds is 2. The number of nitrogens with zero attached hydrogens (tertiary/aromatic N) is 2. The number of hydrogen-bond acceptors (Lipinski definition) is 6. The van der Waals surface area contributed by atoms with Crippen LogP contribution in [-0.2, 0) is 28.3 Å². The number of methoxy groups -OCH3 is 1.